The highest BCUT2D eigenvalue weighted by Crippen LogP contribution is 2.19. The number of benzene rings is 1. The Kier molecular flexibility index (Phi) is 7.31. The van der Waals surface area contributed by atoms with E-state index in [4.69, 9.17) is 5.11 Å². The first-order chi connectivity index (χ1) is 9.97. The SMILES string of the molecule is CCCCN(CCO)S(=O)(=O)c1ccc(C(C)NC)cc1. The van der Waals surface area contributed by atoms with E-state index in [1.165, 1.54) is 4.31 Å². The summed E-state index contributed by atoms with van der Waals surface area (Å²) >= 11 is 0. The predicted octanol–water partition coefficient (Wildman–Crippen LogP) is 1.75. The monoisotopic (exact) mass is 314 g/mol. The summed E-state index contributed by atoms with van der Waals surface area (Å²) in [7, 11) is -1.67. The molecule has 0 fully saturated rings. The van der Waals surface area contributed by atoms with E-state index in [-0.39, 0.29) is 24.1 Å². The largest absolute Gasteiger partial charge is 0.395 e. The van der Waals surface area contributed by atoms with E-state index in [1.807, 2.05) is 33.0 Å². The Bertz CT molecular complexity index is 514. The molecule has 120 valence electrons. The van der Waals surface area contributed by atoms with Gasteiger partial charge in [0.15, 0.2) is 0 Å². The van der Waals surface area contributed by atoms with Gasteiger partial charge in [0.25, 0.3) is 0 Å². The molecule has 0 heterocycles. The normalized spacial score (nSPS) is 13.6. The molecule has 0 radical (unpaired) electrons. The highest BCUT2D eigenvalue weighted by Gasteiger charge is 2.23. The molecule has 1 aromatic rings. The Balaban J connectivity index is 2.98. The molecule has 0 aliphatic heterocycles. The number of aliphatic hydroxyl groups is 1. The Labute approximate surface area is 128 Å². The summed E-state index contributed by atoms with van der Waals surface area (Å²) in [4.78, 5) is 0.277. The van der Waals surface area contributed by atoms with Gasteiger partial charge in [0.2, 0.25) is 10.0 Å². The van der Waals surface area contributed by atoms with Gasteiger partial charge in [0.05, 0.1) is 11.5 Å². The minimum Gasteiger partial charge on any atom is -0.395 e. The Morgan fingerprint density at radius 3 is 2.33 bits per heavy atom. The predicted molar refractivity (Wildman–Crippen MR) is 84.7 cm³/mol. The molecule has 0 saturated heterocycles. The van der Waals surface area contributed by atoms with Crippen LogP contribution in [0, 0.1) is 0 Å². The molecule has 0 spiro atoms. The zero-order chi connectivity index (χ0) is 15.9. The fourth-order valence-corrected chi connectivity index (χ4v) is 3.51. The van der Waals surface area contributed by atoms with Gasteiger partial charge in [-0.25, -0.2) is 8.42 Å². The van der Waals surface area contributed by atoms with E-state index in [9.17, 15) is 8.42 Å². The molecule has 1 aromatic carbocycles. The zero-order valence-electron chi connectivity index (χ0n) is 13.0. The van der Waals surface area contributed by atoms with Gasteiger partial charge in [-0.3, -0.25) is 0 Å². The lowest BCUT2D eigenvalue weighted by Gasteiger charge is -2.21. The average molecular weight is 314 g/mol. The van der Waals surface area contributed by atoms with E-state index in [2.05, 4.69) is 5.32 Å². The van der Waals surface area contributed by atoms with Crippen molar-refractivity contribution in [3.05, 3.63) is 29.8 Å². The molecular formula is C15H26N2O3S. The number of rotatable bonds is 9. The van der Waals surface area contributed by atoms with Gasteiger partial charge < -0.3 is 10.4 Å². The van der Waals surface area contributed by atoms with Crippen LogP contribution in [0.5, 0.6) is 0 Å². The van der Waals surface area contributed by atoms with Crippen LogP contribution in [-0.4, -0.2) is 44.6 Å². The number of nitrogens with zero attached hydrogens (tertiary/aromatic N) is 1. The first kappa shape index (κ1) is 18.1. The number of unbranched alkanes of at least 4 members (excludes halogenated alkanes) is 1. The van der Waals surface area contributed by atoms with Crippen molar-refractivity contribution in [1.29, 1.82) is 0 Å². The number of hydrogen-bond acceptors (Lipinski definition) is 4. The molecule has 0 aliphatic carbocycles. The molecule has 2 N–H and O–H groups in total. The van der Waals surface area contributed by atoms with Crippen LogP contribution in [0.4, 0.5) is 0 Å². The van der Waals surface area contributed by atoms with Crippen molar-refractivity contribution in [3.8, 4) is 0 Å². The summed E-state index contributed by atoms with van der Waals surface area (Å²) in [6.45, 7) is 4.43. The van der Waals surface area contributed by atoms with Crippen molar-refractivity contribution in [2.75, 3.05) is 26.7 Å². The fraction of sp³-hybridized carbons (Fsp3) is 0.600. The molecule has 21 heavy (non-hydrogen) atoms. The molecular weight excluding hydrogens is 288 g/mol. The van der Waals surface area contributed by atoms with Crippen LogP contribution in [0.2, 0.25) is 0 Å². The van der Waals surface area contributed by atoms with Gasteiger partial charge >= 0.3 is 0 Å². The third-order valence-corrected chi connectivity index (χ3v) is 5.47. The summed E-state index contributed by atoms with van der Waals surface area (Å²) in [6.07, 6.45) is 1.70. The maximum absolute atomic E-state index is 12.6. The van der Waals surface area contributed by atoms with Crippen molar-refractivity contribution in [2.24, 2.45) is 0 Å². The first-order valence-corrected chi connectivity index (χ1v) is 8.79. The molecule has 0 aromatic heterocycles. The van der Waals surface area contributed by atoms with Gasteiger partial charge in [-0.2, -0.15) is 4.31 Å². The van der Waals surface area contributed by atoms with Crippen molar-refractivity contribution in [2.45, 2.75) is 37.6 Å². The molecule has 0 saturated carbocycles. The standard InChI is InChI=1S/C15H26N2O3S/c1-4-5-10-17(11-12-18)21(19,20)15-8-6-14(7-9-15)13(2)16-3/h6-9,13,16,18H,4-5,10-12H2,1-3H3. The van der Waals surface area contributed by atoms with Crippen LogP contribution in [0.25, 0.3) is 0 Å². The second kappa shape index (κ2) is 8.48. The zero-order valence-corrected chi connectivity index (χ0v) is 13.9. The van der Waals surface area contributed by atoms with Crippen molar-refractivity contribution in [3.63, 3.8) is 0 Å². The Morgan fingerprint density at radius 2 is 1.86 bits per heavy atom. The van der Waals surface area contributed by atoms with Gasteiger partial charge in [0, 0.05) is 19.1 Å². The number of nitrogens with one attached hydrogen (secondary N) is 1. The van der Waals surface area contributed by atoms with Crippen molar-refractivity contribution in [1.82, 2.24) is 9.62 Å². The summed E-state index contributed by atoms with van der Waals surface area (Å²) in [5.41, 5.74) is 1.04. The summed E-state index contributed by atoms with van der Waals surface area (Å²) < 4.78 is 26.5. The number of hydrogen-bond donors (Lipinski definition) is 2. The third-order valence-electron chi connectivity index (χ3n) is 3.56. The van der Waals surface area contributed by atoms with Gasteiger partial charge in [-0.15, -0.1) is 0 Å². The topological polar surface area (TPSA) is 69.6 Å². The number of aliphatic hydroxyl groups excluding tert-OH is 1. The highest BCUT2D eigenvalue weighted by molar-refractivity contribution is 7.89. The highest BCUT2D eigenvalue weighted by atomic mass is 32.2. The molecule has 0 bridgehead atoms. The number of sulfonamides is 1. The molecule has 1 atom stereocenters. The molecule has 1 rings (SSSR count). The van der Waals surface area contributed by atoms with Crippen molar-refractivity contribution >= 4 is 10.0 Å². The van der Waals surface area contributed by atoms with E-state index >= 15 is 0 Å². The third kappa shape index (κ3) is 4.78. The molecule has 5 nitrogen and oxygen atoms in total. The molecule has 0 amide bonds. The molecule has 6 heteroatoms. The Morgan fingerprint density at radius 1 is 1.24 bits per heavy atom. The van der Waals surface area contributed by atoms with E-state index in [0.29, 0.717) is 6.54 Å². The van der Waals surface area contributed by atoms with E-state index in [0.717, 1.165) is 18.4 Å². The lowest BCUT2D eigenvalue weighted by molar-refractivity contribution is 0.252. The maximum Gasteiger partial charge on any atom is 0.243 e. The van der Waals surface area contributed by atoms with Crippen LogP contribution in [0.1, 0.15) is 38.3 Å². The Hall–Kier alpha value is -0.950. The van der Waals surface area contributed by atoms with E-state index in [1.54, 1.807) is 12.1 Å². The van der Waals surface area contributed by atoms with E-state index < -0.39 is 10.0 Å². The summed E-state index contributed by atoms with van der Waals surface area (Å²) in [5, 5.41) is 12.2. The van der Waals surface area contributed by atoms with Gasteiger partial charge in [-0.05, 0) is 38.1 Å². The second-order valence-electron chi connectivity index (χ2n) is 5.06. The minimum atomic E-state index is -3.53. The van der Waals surface area contributed by atoms with Crippen LogP contribution in [0.3, 0.4) is 0 Å². The van der Waals surface area contributed by atoms with Crippen LogP contribution in [-0.2, 0) is 10.0 Å². The van der Waals surface area contributed by atoms with Gasteiger partial charge in [0.1, 0.15) is 0 Å². The van der Waals surface area contributed by atoms with Crippen LogP contribution in [0.15, 0.2) is 29.2 Å². The minimum absolute atomic E-state index is 0.136. The lowest BCUT2D eigenvalue weighted by atomic mass is 10.1. The average Bonchev–Trinajstić information content (AvgIpc) is 2.50. The first-order valence-electron chi connectivity index (χ1n) is 7.35. The summed E-state index contributed by atoms with van der Waals surface area (Å²) in [5.74, 6) is 0. The molecule has 1 unspecified atom stereocenters. The van der Waals surface area contributed by atoms with Crippen molar-refractivity contribution < 1.29 is 13.5 Å². The van der Waals surface area contributed by atoms with Crippen LogP contribution >= 0.6 is 0 Å². The maximum atomic E-state index is 12.6. The lowest BCUT2D eigenvalue weighted by Crippen LogP contribution is -2.34. The quantitative estimate of drug-likeness (QED) is 0.728. The van der Waals surface area contributed by atoms with Crippen LogP contribution < -0.4 is 5.32 Å². The molecule has 0 aliphatic rings. The summed E-state index contributed by atoms with van der Waals surface area (Å²) in [6, 6.07) is 7.09. The smallest absolute Gasteiger partial charge is 0.243 e. The second-order valence-corrected chi connectivity index (χ2v) is 7.00. The fourth-order valence-electron chi connectivity index (χ4n) is 2.04. The van der Waals surface area contributed by atoms with Gasteiger partial charge in [-0.1, -0.05) is 25.5 Å².